The first-order valence-corrected chi connectivity index (χ1v) is 17.4. The van der Waals surface area contributed by atoms with Crippen LogP contribution in [0.15, 0.2) is 35.5 Å². The van der Waals surface area contributed by atoms with Gasteiger partial charge in [0.2, 0.25) is 0 Å². The number of epoxide rings is 4. The highest BCUT2D eigenvalue weighted by atomic mass is 16.6. The van der Waals surface area contributed by atoms with Crippen LogP contribution in [-0.2, 0) is 33.2 Å². The fourth-order valence-corrected chi connectivity index (χ4v) is 9.60. The molecule has 8 rings (SSSR count). The van der Waals surface area contributed by atoms with Crippen molar-refractivity contribution >= 4 is 5.78 Å². The van der Waals surface area contributed by atoms with Gasteiger partial charge in [0, 0.05) is 20.6 Å². The van der Waals surface area contributed by atoms with Crippen LogP contribution in [0.1, 0.15) is 104 Å². The second-order valence-corrected chi connectivity index (χ2v) is 15.3. The van der Waals surface area contributed by atoms with E-state index in [1.165, 1.54) is 56.9 Å². The summed E-state index contributed by atoms with van der Waals surface area (Å²) in [5.74, 6) is 0.537. The van der Waals surface area contributed by atoms with E-state index in [9.17, 15) is 4.79 Å². The molecule has 0 aromatic rings. The van der Waals surface area contributed by atoms with Gasteiger partial charge in [0.25, 0.3) is 0 Å². The summed E-state index contributed by atoms with van der Waals surface area (Å²) in [5.41, 5.74) is 3.85. The SMILES string of the molecule is C=C1CC[C@]2(CO2)[C@@H]([C@@]2(C)O[C@@H]2CC=C2CCCC2)[C@@H]1OC.CO[C@@H]1C(=O)CC[C@]2(CO2)[C@H]1[C@@]1(C)O[C@@H]1CC=C1CCCC1. The lowest BCUT2D eigenvalue weighted by molar-refractivity contribution is -0.142. The molecule has 2 spiro atoms. The average molecular weight is 611 g/mol. The van der Waals surface area contributed by atoms with Gasteiger partial charge in [-0.3, -0.25) is 4.79 Å². The van der Waals surface area contributed by atoms with Crippen LogP contribution < -0.4 is 0 Å². The Morgan fingerprint density at radius 2 is 1.16 bits per heavy atom. The van der Waals surface area contributed by atoms with Crippen molar-refractivity contribution in [3.63, 3.8) is 0 Å². The van der Waals surface area contributed by atoms with Gasteiger partial charge in [0.05, 0.1) is 43.4 Å². The highest BCUT2D eigenvalue weighted by molar-refractivity contribution is 5.85. The highest BCUT2D eigenvalue weighted by Gasteiger charge is 2.72. The second-order valence-electron chi connectivity index (χ2n) is 15.3. The van der Waals surface area contributed by atoms with Gasteiger partial charge in [0.15, 0.2) is 5.78 Å². The topological polar surface area (TPSA) is 85.6 Å². The van der Waals surface area contributed by atoms with Crippen LogP contribution in [0.25, 0.3) is 0 Å². The summed E-state index contributed by atoms with van der Waals surface area (Å²) in [7, 11) is 3.43. The third-order valence-corrected chi connectivity index (χ3v) is 12.6. The molecular formula is C37H54O7. The summed E-state index contributed by atoms with van der Waals surface area (Å²) in [5, 5.41) is 0. The third-order valence-electron chi connectivity index (χ3n) is 12.6. The monoisotopic (exact) mass is 610 g/mol. The lowest BCUT2D eigenvalue weighted by Crippen LogP contribution is -2.52. The van der Waals surface area contributed by atoms with E-state index in [2.05, 4.69) is 32.6 Å². The Kier molecular flexibility index (Phi) is 8.32. The molecule has 8 fully saturated rings. The molecule has 44 heavy (non-hydrogen) atoms. The summed E-state index contributed by atoms with van der Waals surface area (Å²) < 4.78 is 35.4. The summed E-state index contributed by atoms with van der Waals surface area (Å²) in [6.45, 7) is 10.2. The van der Waals surface area contributed by atoms with E-state index in [0.29, 0.717) is 18.4 Å². The molecule has 0 amide bonds. The number of Topliss-reactive ketones (excluding diaryl/α,β-unsaturated/α-hetero) is 1. The number of carbonyl (C=O) groups excluding carboxylic acids is 1. The van der Waals surface area contributed by atoms with Crippen LogP contribution in [0.2, 0.25) is 0 Å². The normalized spacial score (nSPS) is 47.1. The Bertz CT molecular complexity index is 1090. The van der Waals surface area contributed by atoms with Gasteiger partial charge in [0.1, 0.15) is 28.5 Å². The number of carbonyl (C=O) groups is 1. The molecule has 4 aliphatic carbocycles. The molecule has 4 aliphatic heterocycles. The maximum atomic E-state index is 12.3. The number of ketones is 1. The van der Waals surface area contributed by atoms with E-state index in [1.807, 2.05) is 0 Å². The average Bonchev–Trinajstić information content (AvgIpc) is 4.01. The van der Waals surface area contributed by atoms with Crippen molar-refractivity contribution in [2.45, 2.75) is 151 Å². The molecule has 0 radical (unpaired) electrons. The molecule has 8 aliphatic rings. The van der Waals surface area contributed by atoms with Gasteiger partial charge in [-0.2, -0.15) is 0 Å². The molecule has 4 saturated heterocycles. The third kappa shape index (κ3) is 5.62. The van der Waals surface area contributed by atoms with E-state index < -0.39 is 0 Å². The van der Waals surface area contributed by atoms with Gasteiger partial charge in [-0.05, 0) is 103 Å². The first-order chi connectivity index (χ1) is 21.2. The number of hydrogen-bond donors (Lipinski definition) is 0. The minimum absolute atomic E-state index is 0.00807. The van der Waals surface area contributed by atoms with E-state index in [1.54, 1.807) is 25.4 Å². The predicted octanol–water partition coefficient (Wildman–Crippen LogP) is 6.58. The summed E-state index contributed by atoms with van der Waals surface area (Å²) in [6, 6.07) is 0. The van der Waals surface area contributed by atoms with E-state index in [-0.39, 0.29) is 52.4 Å². The van der Waals surface area contributed by atoms with Crippen LogP contribution >= 0.6 is 0 Å². The van der Waals surface area contributed by atoms with Crippen molar-refractivity contribution in [1.29, 1.82) is 0 Å². The minimum Gasteiger partial charge on any atom is -0.377 e. The first-order valence-electron chi connectivity index (χ1n) is 17.4. The smallest absolute Gasteiger partial charge is 0.162 e. The summed E-state index contributed by atoms with van der Waals surface area (Å²) >= 11 is 0. The largest absolute Gasteiger partial charge is 0.377 e. The molecule has 10 atom stereocenters. The Morgan fingerprint density at radius 3 is 1.59 bits per heavy atom. The molecule has 0 aromatic heterocycles. The number of hydrogen-bond acceptors (Lipinski definition) is 7. The van der Waals surface area contributed by atoms with Crippen molar-refractivity contribution in [2.75, 3.05) is 27.4 Å². The zero-order valence-electron chi connectivity index (χ0n) is 27.5. The number of allylic oxidation sites excluding steroid dienone is 2. The van der Waals surface area contributed by atoms with Gasteiger partial charge in [-0.25, -0.2) is 0 Å². The number of ether oxygens (including phenoxy) is 6. The van der Waals surface area contributed by atoms with Crippen molar-refractivity contribution < 1.29 is 33.2 Å². The zero-order valence-corrected chi connectivity index (χ0v) is 27.5. The molecule has 7 heteroatoms. The van der Waals surface area contributed by atoms with Gasteiger partial charge in [-0.15, -0.1) is 0 Å². The van der Waals surface area contributed by atoms with Crippen LogP contribution in [0, 0.1) is 11.8 Å². The molecule has 0 unspecified atom stereocenters. The van der Waals surface area contributed by atoms with E-state index in [0.717, 1.165) is 45.3 Å². The van der Waals surface area contributed by atoms with Crippen LogP contribution in [0.4, 0.5) is 0 Å². The summed E-state index contributed by atoms with van der Waals surface area (Å²) in [4.78, 5) is 12.3. The van der Waals surface area contributed by atoms with Gasteiger partial charge >= 0.3 is 0 Å². The Labute approximate surface area is 264 Å². The highest BCUT2D eigenvalue weighted by Crippen LogP contribution is 2.61. The number of methoxy groups -OCH3 is 2. The molecule has 4 heterocycles. The second kappa shape index (κ2) is 11.7. The molecule has 0 bridgehead atoms. The van der Waals surface area contributed by atoms with Gasteiger partial charge < -0.3 is 28.4 Å². The van der Waals surface area contributed by atoms with Crippen molar-refractivity contribution in [3.8, 4) is 0 Å². The maximum Gasteiger partial charge on any atom is 0.162 e. The summed E-state index contributed by atoms with van der Waals surface area (Å²) in [6.07, 6.45) is 21.0. The fraction of sp³-hybridized carbons (Fsp3) is 0.811. The van der Waals surface area contributed by atoms with E-state index >= 15 is 0 Å². The van der Waals surface area contributed by atoms with Crippen molar-refractivity contribution in [2.24, 2.45) is 11.8 Å². The lowest BCUT2D eigenvalue weighted by Gasteiger charge is -2.39. The Hall–Kier alpha value is -1.35. The molecule has 0 aromatic carbocycles. The first kappa shape index (κ1) is 31.3. The Balaban J connectivity index is 0.000000142. The number of rotatable bonds is 8. The maximum absolute atomic E-state index is 12.3. The quantitative estimate of drug-likeness (QED) is 0.227. The van der Waals surface area contributed by atoms with Crippen LogP contribution in [0.3, 0.4) is 0 Å². The van der Waals surface area contributed by atoms with Crippen molar-refractivity contribution in [3.05, 3.63) is 35.5 Å². The molecule has 4 saturated carbocycles. The fourth-order valence-electron chi connectivity index (χ4n) is 9.60. The molecule has 7 nitrogen and oxygen atoms in total. The predicted molar refractivity (Wildman–Crippen MR) is 167 cm³/mol. The van der Waals surface area contributed by atoms with Crippen LogP contribution in [-0.4, -0.2) is 80.0 Å². The lowest BCUT2D eigenvalue weighted by atomic mass is 9.68. The minimum atomic E-state index is -0.370. The van der Waals surface area contributed by atoms with E-state index in [4.69, 9.17) is 28.4 Å². The standard InChI is InChI=1S/C19H28O3.C18H26O4/c1-13-10-11-19(12-21-19)17(16(13)20-3)18(2)15(22-18)9-8-14-6-4-5-7-14;1-17(14(22-17)8-7-12-5-3-4-6-12)16-15(20-2)13(19)9-10-18(16)11-21-18/h8,15-17H,1,4-7,9-12H2,2-3H3;7,14-16H,3-6,8-11H2,1-2H3/t15-,16-,17-,18+,19+;14-,15-,16-,17+,18+/m11/s1. The van der Waals surface area contributed by atoms with Crippen molar-refractivity contribution in [1.82, 2.24) is 0 Å². The van der Waals surface area contributed by atoms with Crippen LogP contribution in [0.5, 0.6) is 0 Å². The van der Waals surface area contributed by atoms with Gasteiger partial charge in [-0.1, -0.05) is 29.9 Å². The molecule has 0 N–H and O–H groups in total. The Morgan fingerprint density at radius 1 is 0.727 bits per heavy atom. The molecular weight excluding hydrogens is 556 g/mol. The zero-order chi connectivity index (χ0) is 30.7. The molecule has 244 valence electrons.